The fourth-order valence-corrected chi connectivity index (χ4v) is 3.31. The Kier molecular flexibility index (Phi) is 2.05. The summed E-state index contributed by atoms with van der Waals surface area (Å²) in [5.41, 5.74) is 0.296. The van der Waals surface area contributed by atoms with E-state index in [0.29, 0.717) is 11.5 Å². The van der Waals surface area contributed by atoms with Crippen LogP contribution in [-0.4, -0.2) is 12.1 Å². The van der Waals surface area contributed by atoms with Gasteiger partial charge in [-0.05, 0) is 35.8 Å². The molecule has 1 fully saturated rings. The smallest absolute Gasteiger partial charge is 0.0285 e. The highest BCUT2D eigenvalue weighted by Gasteiger charge is 2.39. The molecule has 1 saturated heterocycles. The highest BCUT2D eigenvalue weighted by Crippen LogP contribution is 2.38. The average Bonchev–Trinajstić information content (AvgIpc) is 2.34. The molecule has 66 valence electrons. The lowest BCUT2D eigenvalue weighted by atomic mass is 9.79. The minimum absolute atomic E-state index is 0.296. The molecule has 1 nitrogen and oxygen atoms in total. The van der Waals surface area contributed by atoms with Crippen LogP contribution in [0.2, 0.25) is 0 Å². The second-order valence-corrected chi connectivity index (χ2v) is 5.68. The number of nitrogens with one attached hydrogen (secondary N) is 1. The lowest BCUT2D eigenvalue weighted by Gasteiger charge is -2.45. The second kappa shape index (κ2) is 2.82. The van der Waals surface area contributed by atoms with E-state index in [1.165, 1.54) is 9.35 Å². The van der Waals surface area contributed by atoms with Crippen LogP contribution in [0, 0.1) is 0 Å². The van der Waals surface area contributed by atoms with Crippen molar-refractivity contribution in [1.29, 1.82) is 0 Å². The number of hydrogen-bond acceptors (Lipinski definition) is 2. The molecule has 0 amide bonds. The van der Waals surface area contributed by atoms with Crippen molar-refractivity contribution < 1.29 is 0 Å². The highest BCUT2D eigenvalue weighted by molar-refractivity contribution is 9.10. The predicted octanol–water partition coefficient (Wildman–Crippen LogP) is 2.98. The first-order valence-electron chi connectivity index (χ1n) is 4.08. The van der Waals surface area contributed by atoms with Gasteiger partial charge in [0.25, 0.3) is 0 Å². The van der Waals surface area contributed by atoms with E-state index in [-0.39, 0.29) is 0 Å². The summed E-state index contributed by atoms with van der Waals surface area (Å²) in [6.07, 6.45) is 0. The molecule has 12 heavy (non-hydrogen) atoms. The van der Waals surface area contributed by atoms with Crippen LogP contribution < -0.4 is 5.32 Å². The molecule has 1 aliphatic rings. The molecule has 1 atom stereocenters. The third-order valence-electron chi connectivity index (χ3n) is 2.56. The van der Waals surface area contributed by atoms with E-state index in [1.54, 1.807) is 0 Å². The first-order valence-corrected chi connectivity index (χ1v) is 5.76. The summed E-state index contributed by atoms with van der Waals surface area (Å²) in [6.45, 7) is 5.64. The molecule has 0 bridgehead atoms. The molecule has 0 saturated carbocycles. The van der Waals surface area contributed by atoms with Gasteiger partial charge >= 0.3 is 0 Å². The van der Waals surface area contributed by atoms with Gasteiger partial charge in [0.2, 0.25) is 0 Å². The molecule has 2 rings (SSSR count). The van der Waals surface area contributed by atoms with Crippen molar-refractivity contribution in [2.24, 2.45) is 0 Å². The van der Waals surface area contributed by atoms with E-state index in [9.17, 15) is 0 Å². The van der Waals surface area contributed by atoms with Crippen molar-refractivity contribution in [3.63, 3.8) is 0 Å². The topological polar surface area (TPSA) is 12.0 Å². The fourth-order valence-electron chi connectivity index (χ4n) is 1.58. The predicted molar refractivity (Wildman–Crippen MR) is 56.8 cm³/mol. The number of hydrogen-bond donors (Lipinski definition) is 1. The van der Waals surface area contributed by atoms with Gasteiger partial charge in [0.1, 0.15) is 0 Å². The van der Waals surface area contributed by atoms with Gasteiger partial charge in [-0.25, -0.2) is 0 Å². The Bertz CT molecular complexity index is 292. The van der Waals surface area contributed by atoms with E-state index in [0.717, 1.165) is 6.54 Å². The lowest BCUT2D eigenvalue weighted by molar-refractivity contribution is 0.211. The molecular formula is C9H12BrNS. The Morgan fingerprint density at radius 2 is 2.42 bits per heavy atom. The van der Waals surface area contributed by atoms with Crippen LogP contribution >= 0.6 is 27.3 Å². The first-order chi connectivity index (χ1) is 5.59. The van der Waals surface area contributed by atoms with Gasteiger partial charge in [0, 0.05) is 32.7 Å². The van der Waals surface area contributed by atoms with Gasteiger partial charge < -0.3 is 5.32 Å². The fraction of sp³-hybridized carbons (Fsp3) is 0.556. The lowest BCUT2D eigenvalue weighted by Crippen LogP contribution is -2.59. The maximum Gasteiger partial charge on any atom is 0.0285 e. The van der Waals surface area contributed by atoms with Crippen molar-refractivity contribution in [3.8, 4) is 0 Å². The van der Waals surface area contributed by atoms with E-state index in [1.807, 2.05) is 11.3 Å². The van der Waals surface area contributed by atoms with E-state index >= 15 is 0 Å². The Morgan fingerprint density at radius 3 is 2.75 bits per heavy atom. The molecule has 0 aliphatic carbocycles. The van der Waals surface area contributed by atoms with Crippen molar-refractivity contribution in [1.82, 2.24) is 5.32 Å². The van der Waals surface area contributed by atoms with Crippen molar-refractivity contribution in [2.45, 2.75) is 25.3 Å². The number of thiophene rings is 1. The second-order valence-electron chi connectivity index (χ2n) is 3.82. The monoisotopic (exact) mass is 245 g/mol. The van der Waals surface area contributed by atoms with Gasteiger partial charge in [0.05, 0.1) is 0 Å². The van der Waals surface area contributed by atoms with Crippen LogP contribution in [0.25, 0.3) is 0 Å². The summed E-state index contributed by atoms with van der Waals surface area (Å²) in [7, 11) is 0. The molecule has 0 spiro atoms. The molecule has 1 aromatic rings. The molecule has 0 aromatic carbocycles. The molecule has 3 heteroatoms. The maximum atomic E-state index is 3.48. The largest absolute Gasteiger partial charge is 0.310 e. The van der Waals surface area contributed by atoms with Crippen molar-refractivity contribution in [3.05, 3.63) is 20.8 Å². The van der Waals surface area contributed by atoms with Crippen LogP contribution in [0.3, 0.4) is 0 Å². The molecule has 1 N–H and O–H groups in total. The van der Waals surface area contributed by atoms with Crippen LogP contribution in [0.1, 0.15) is 24.6 Å². The van der Waals surface area contributed by atoms with Crippen molar-refractivity contribution in [2.75, 3.05) is 6.54 Å². The molecular weight excluding hydrogens is 234 g/mol. The molecule has 1 aliphatic heterocycles. The molecule has 1 aromatic heterocycles. The summed E-state index contributed by atoms with van der Waals surface area (Å²) in [5.74, 6) is 0.703. The van der Waals surface area contributed by atoms with Crippen LogP contribution in [0.5, 0.6) is 0 Å². The summed E-state index contributed by atoms with van der Waals surface area (Å²) >= 11 is 5.33. The zero-order valence-corrected chi connectivity index (χ0v) is 9.63. The first kappa shape index (κ1) is 8.73. The van der Waals surface area contributed by atoms with Crippen LogP contribution in [-0.2, 0) is 0 Å². The van der Waals surface area contributed by atoms with Gasteiger partial charge in [-0.1, -0.05) is 0 Å². The average molecular weight is 246 g/mol. The van der Waals surface area contributed by atoms with Crippen LogP contribution in [0.4, 0.5) is 0 Å². The van der Waals surface area contributed by atoms with Gasteiger partial charge in [-0.15, -0.1) is 11.3 Å². The number of rotatable bonds is 1. The zero-order valence-electron chi connectivity index (χ0n) is 7.23. The third kappa shape index (κ3) is 1.34. The Hall–Kier alpha value is 0.140. The van der Waals surface area contributed by atoms with E-state index < -0.39 is 0 Å². The Morgan fingerprint density at radius 1 is 1.67 bits per heavy atom. The minimum atomic E-state index is 0.296. The van der Waals surface area contributed by atoms with Gasteiger partial charge in [0.15, 0.2) is 0 Å². The normalized spacial score (nSPS) is 26.8. The zero-order chi connectivity index (χ0) is 8.77. The van der Waals surface area contributed by atoms with Crippen LogP contribution in [0.15, 0.2) is 15.9 Å². The standard InChI is InChI=1S/C9H12BrNS/c1-9(2)7(4-11-9)8-3-6(10)5-12-8/h3,5,7,11H,4H2,1-2H3. The Balaban J connectivity index is 2.21. The quantitative estimate of drug-likeness (QED) is 0.803. The Labute approximate surface area is 85.3 Å². The summed E-state index contributed by atoms with van der Waals surface area (Å²) in [4.78, 5) is 1.49. The third-order valence-corrected chi connectivity index (χ3v) is 4.37. The summed E-state index contributed by atoms with van der Waals surface area (Å²) in [5, 5.41) is 5.59. The molecule has 1 unspecified atom stereocenters. The van der Waals surface area contributed by atoms with E-state index in [2.05, 4.69) is 46.5 Å². The van der Waals surface area contributed by atoms with Gasteiger partial charge in [-0.2, -0.15) is 0 Å². The summed E-state index contributed by atoms with van der Waals surface area (Å²) < 4.78 is 1.21. The van der Waals surface area contributed by atoms with Gasteiger partial charge in [-0.3, -0.25) is 0 Å². The maximum absolute atomic E-state index is 3.48. The highest BCUT2D eigenvalue weighted by atomic mass is 79.9. The molecule has 0 radical (unpaired) electrons. The summed E-state index contributed by atoms with van der Waals surface area (Å²) in [6, 6.07) is 2.23. The number of halogens is 1. The SMILES string of the molecule is CC1(C)NCC1c1cc(Br)cs1. The minimum Gasteiger partial charge on any atom is -0.310 e. The van der Waals surface area contributed by atoms with Crippen molar-refractivity contribution >= 4 is 27.3 Å². The molecule has 2 heterocycles. The van der Waals surface area contributed by atoms with E-state index in [4.69, 9.17) is 0 Å².